The van der Waals surface area contributed by atoms with Crippen LogP contribution in [0, 0.1) is 0 Å². The molecule has 2 heterocycles. The number of alkyl halides is 3. The molecule has 1 atom stereocenters. The highest BCUT2D eigenvalue weighted by Crippen LogP contribution is 2.37. The summed E-state index contributed by atoms with van der Waals surface area (Å²) in [6.45, 7) is 1.30. The van der Waals surface area contributed by atoms with Crippen molar-refractivity contribution in [1.82, 2.24) is 14.9 Å². The Bertz CT molecular complexity index is 978. The van der Waals surface area contributed by atoms with Gasteiger partial charge in [-0.15, -0.1) is 0 Å². The maximum Gasteiger partial charge on any atom is 0.451 e. The lowest BCUT2D eigenvalue weighted by Gasteiger charge is -2.37. The van der Waals surface area contributed by atoms with E-state index in [-0.39, 0.29) is 11.2 Å². The molecule has 0 bridgehead atoms. The van der Waals surface area contributed by atoms with E-state index in [9.17, 15) is 13.2 Å². The van der Waals surface area contributed by atoms with Gasteiger partial charge in [0.1, 0.15) is 5.15 Å². The second-order valence-electron chi connectivity index (χ2n) is 7.11. The van der Waals surface area contributed by atoms with Crippen LogP contribution in [-0.4, -0.2) is 21.4 Å². The smallest absolute Gasteiger partial charge is 0.290 e. The zero-order valence-corrected chi connectivity index (χ0v) is 16.3. The van der Waals surface area contributed by atoms with E-state index >= 15 is 0 Å². The first kappa shape index (κ1) is 19.9. The summed E-state index contributed by atoms with van der Waals surface area (Å²) in [5.74, 6) is -1.18. The number of benzene rings is 2. The molecule has 0 saturated heterocycles. The van der Waals surface area contributed by atoms with Gasteiger partial charge in [-0.1, -0.05) is 72.3 Å². The number of hydrogen-bond acceptors (Lipinski definition) is 3. The fourth-order valence-corrected chi connectivity index (χ4v) is 4.03. The number of hydrogen-bond donors (Lipinski definition) is 0. The summed E-state index contributed by atoms with van der Waals surface area (Å²) >= 11 is 6.16. The predicted octanol–water partition coefficient (Wildman–Crippen LogP) is 5.49. The first-order valence-corrected chi connectivity index (χ1v) is 9.75. The fraction of sp³-hybridized carbons (Fsp3) is 0.273. The van der Waals surface area contributed by atoms with Gasteiger partial charge >= 0.3 is 6.18 Å². The van der Waals surface area contributed by atoms with E-state index < -0.39 is 12.0 Å². The Hall–Kier alpha value is -2.44. The summed E-state index contributed by atoms with van der Waals surface area (Å²) in [5, 5.41) is -0.0975. The molecule has 0 saturated carbocycles. The quantitative estimate of drug-likeness (QED) is 0.525. The first-order valence-electron chi connectivity index (χ1n) is 9.37. The molecule has 1 aliphatic heterocycles. The van der Waals surface area contributed by atoms with Crippen molar-refractivity contribution in [2.45, 2.75) is 31.6 Å². The average Bonchev–Trinajstić information content (AvgIpc) is 2.70. The van der Waals surface area contributed by atoms with Crippen molar-refractivity contribution in [3.05, 3.63) is 94.0 Å². The van der Waals surface area contributed by atoms with Crippen molar-refractivity contribution in [1.29, 1.82) is 0 Å². The molecular weight excluding hydrogens is 399 g/mol. The highest BCUT2D eigenvalue weighted by molar-refractivity contribution is 6.30. The van der Waals surface area contributed by atoms with Gasteiger partial charge in [0.05, 0.1) is 11.7 Å². The van der Waals surface area contributed by atoms with Crippen LogP contribution in [0.25, 0.3) is 0 Å². The van der Waals surface area contributed by atoms with Crippen LogP contribution >= 0.6 is 11.6 Å². The monoisotopic (exact) mass is 417 g/mol. The summed E-state index contributed by atoms with van der Waals surface area (Å²) < 4.78 is 40.0. The predicted molar refractivity (Wildman–Crippen MR) is 105 cm³/mol. The van der Waals surface area contributed by atoms with Gasteiger partial charge in [-0.25, -0.2) is 9.97 Å². The molecule has 4 rings (SSSR count). The van der Waals surface area contributed by atoms with Crippen LogP contribution in [0.2, 0.25) is 5.15 Å². The molecule has 7 heteroatoms. The largest absolute Gasteiger partial charge is 0.451 e. The molecule has 1 unspecified atom stereocenters. The minimum atomic E-state index is -4.64. The topological polar surface area (TPSA) is 29.0 Å². The maximum atomic E-state index is 13.3. The molecule has 3 aromatic rings. The normalized spacial score (nSPS) is 17.2. The highest BCUT2D eigenvalue weighted by atomic mass is 35.5. The second kappa shape index (κ2) is 8.13. The Morgan fingerprint density at radius 3 is 2.17 bits per heavy atom. The van der Waals surface area contributed by atoms with Crippen molar-refractivity contribution < 1.29 is 13.2 Å². The lowest BCUT2D eigenvalue weighted by molar-refractivity contribution is -0.145. The van der Waals surface area contributed by atoms with Gasteiger partial charge in [-0.3, -0.25) is 4.90 Å². The third kappa shape index (κ3) is 4.43. The van der Waals surface area contributed by atoms with Gasteiger partial charge in [0.25, 0.3) is 0 Å². The molecule has 29 heavy (non-hydrogen) atoms. The van der Waals surface area contributed by atoms with Crippen molar-refractivity contribution in [2.24, 2.45) is 0 Å². The molecule has 150 valence electrons. The van der Waals surface area contributed by atoms with Crippen LogP contribution in [0.5, 0.6) is 0 Å². The zero-order valence-electron chi connectivity index (χ0n) is 15.5. The van der Waals surface area contributed by atoms with E-state index in [4.69, 9.17) is 11.6 Å². The van der Waals surface area contributed by atoms with Crippen molar-refractivity contribution in [3.63, 3.8) is 0 Å². The third-order valence-electron chi connectivity index (χ3n) is 5.15. The molecule has 1 aliphatic rings. The molecule has 3 nitrogen and oxygen atoms in total. The minimum Gasteiger partial charge on any atom is -0.290 e. The van der Waals surface area contributed by atoms with Crippen LogP contribution in [0.1, 0.15) is 34.3 Å². The standard InChI is InChI=1S/C22H19ClF3N3/c23-20-17-11-12-29(14-16-9-5-2-6-10-16)18(13-15-7-3-1-4-8-15)19(17)27-21(28-20)22(24,25)26/h1-10,18H,11-14H2. The van der Waals surface area contributed by atoms with Crippen LogP contribution in [0.3, 0.4) is 0 Å². The molecule has 1 aromatic heterocycles. The van der Waals surface area contributed by atoms with Crippen LogP contribution < -0.4 is 0 Å². The van der Waals surface area contributed by atoms with E-state index in [0.29, 0.717) is 37.2 Å². The van der Waals surface area contributed by atoms with E-state index in [1.165, 1.54) is 0 Å². The highest BCUT2D eigenvalue weighted by Gasteiger charge is 2.39. The summed E-state index contributed by atoms with van der Waals surface area (Å²) in [6.07, 6.45) is -3.58. The van der Waals surface area contributed by atoms with E-state index in [1.807, 2.05) is 60.7 Å². The summed E-state index contributed by atoms with van der Waals surface area (Å²) in [6, 6.07) is 19.3. The molecule has 0 fully saturated rings. The summed E-state index contributed by atoms with van der Waals surface area (Å²) in [5.41, 5.74) is 3.13. The number of nitrogens with zero attached hydrogens (tertiary/aromatic N) is 3. The molecule has 0 spiro atoms. The average molecular weight is 418 g/mol. The number of halogens is 4. The molecule has 0 amide bonds. The number of rotatable bonds is 4. The van der Waals surface area contributed by atoms with Crippen molar-refractivity contribution >= 4 is 11.6 Å². The fourth-order valence-electron chi connectivity index (χ4n) is 3.76. The SMILES string of the molecule is FC(F)(F)c1nc(Cl)c2c(n1)C(Cc1ccccc1)N(Cc1ccccc1)CC2. The summed E-state index contributed by atoms with van der Waals surface area (Å²) in [7, 11) is 0. The lowest BCUT2D eigenvalue weighted by atomic mass is 9.93. The lowest BCUT2D eigenvalue weighted by Crippen LogP contribution is -2.38. The molecular formula is C22H19ClF3N3. The Morgan fingerprint density at radius 2 is 1.55 bits per heavy atom. The van der Waals surface area contributed by atoms with Crippen LogP contribution in [-0.2, 0) is 25.6 Å². The first-order chi connectivity index (χ1) is 13.9. The minimum absolute atomic E-state index is 0.0975. The number of aromatic nitrogens is 2. The number of fused-ring (bicyclic) bond motifs is 1. The Morgan fingerprint density at radius 1 is 0.931 bits per heavy atom. The Kier molecular flexibility index (Phi) is 5.56. The van der Waals surface area contributed by atoms with Crippen LogP contribution in [0.15, 0.2) is 60.7 Å². The molecule has 0 N–H and O–H groups in total. The molecule has 0 radical (unpaired) electrons. The maximum absolute atomic E-state index is 13.3. The van der Waals surface area contributed by atoms with Crippen molar-refractivity contribution in [2.75, 3.05) is 6.54 Å². The van der Waals surface area contributed by atoms with Gasteiger partial charge in [-0.05, 0) is 24.0 Å². The van der Waals surface area contributed by atoms with Gasteiger partial charge in [0, 0.05) is 18.7 Å². The molecule has 2 aromatic carbocycles. The zero-order chi connectivity index (χ0) is 20.4. The van der Waals surface area contributed by atoms with Gasteiger partial charge in [0.15, 0.2) is 0 Å². The van der Waals surface area contributed by atoms with E-state index in [0.717, 1.165) is 11.1 Å². The van der Waals surface area contributed by atoms with E-state index in [2.05, 4.69) is 14.9 Å². The molecule has 0 aliphatic carbocycles. The van der Waals surface area contributed by atoms with E-state index in [1.54, 1.807) is 0 Å². The second-order valence-corrected chi connectivity index (χ2v) is 7.47. The third-order valence-corrected chi connectivity index (χ3v) is 5.46. The Labute approximate surface area is 172 Å². The Balaban J connectivity index is 1.76. The summed E-state index contributed by atoms with van der Waals surface area (Å²) in [4.78, 5) is 9.65. The van der Waals surface area contributed by atoms with Gasteiger partial charge < -0.3 is 0 Å². The van der Waals surface area contributed by atoms with Crippen molar-refractivity contribution in [3.8, 4) is 0 Å². The van der Waals surface area contributed by atoms with Gasteiger partial charge in [0.2, 0.25) is 5.82 Å². The van der Waals surface area contributed by atoms with Gasteiger partial charge in [-0.2, -0.15) is 13.2 Å². The van der Waals surface area contributed by atoms with Crippen LogP contribution in [0.4, 0.5) is 13.2 Å².